The summed E-state index contributed by atoms with van der Waals surface area (Å²) >= 11 is 0. The molecule has 0 aliphatic heterocycles. The van der Waals surface area contributed by atoms with Crippen molar-refractivity contribution in [3.63, 3.8) is 0 Å². The number of hydrogen-bond acceptors (Lipinski definition) is 2. The predicted molar refractivity (Wildman–Crippen MR) is 55.2 cm³/mol. The Morgan fingerprint density at radius 1 is 1.17 bits per heavy atom. The Morgan fingerprint density at radius 3 is 2.25 bits per heavy atom. The van der Waals surface area contributed by atoms with E-state index in [1.165, 1.54) is 19.3 Å². The zero-order valence-corrected chi connectivity index (χ0v) is 8.82. The molecule has 0 saturated heterocycles. The molecule has 74 valence electrons. The molecule has 0 amide bonds. The van der Waals surface area contributed by atoms with Gasteiger partial charge < -0.3 is 11.1 Å². The van der Waals surface area contributed by atoms with E-state index in [0.717, 1.165) is 19.5 Å². The molecule has 0 heterocycles. The standard InChI is InChI=1S/C10H24N2/c1-10(2,6-4-8-11)7-5-9-12-3/h12H,4-9,11H2,1-3H3. The Bertz CT molecular complexity index is 100. The number of rotatable bonds is 7. The summed E-state index contributed by atoms with van der Waals surface area (Å²) in [5, 5.41) is 3.17. The first-order valence-electron chi connectivity index (χ1n) is 4.97. The minimum atomic E-state index is 0.482. The first-order valence-corrected chi connectivity index (χ1v) is 4.97. The van der Waals surface area contributed by atoms with Crippen LogP contribution in [0.4, 0.5) is 0 Å². The molecular weight excluding hydrogens is 148 g/mol. The molecule has 0 aliphatic carbocycles. The third-order valence-corrected chi connectivity index (χ3v) is 2.34. The van der Waals surface area contributed by atoms with Crippen LogP contribution < -0.4 is 11.1 Å². The summed E-state index contributed by atoms with van der Waals surface area (Å²) < 4.78 is 0. The second kappa shape index (κ2) is 6.44. The van der Waals surface area contributed by atoms with Gasteiger partial charge in [0.15, 0.2) is 0 Å². The zero-order valence-electron chi connectivity index (χ0n) is 8.82. The van der Waals surface area contributed by atoms with Crippen LogP contribution in [0.1, 0.15) is 39.5 Å². The van der Waals surface area contributed by atoms with E-state index in [4.69, 9.17) is 5.73 Å². The Hall–Kier alpha value is -0.0800. The van der Waals surface area contributed by atoms with E-state index >= 15 is 0 Å². The summed E-state index contributed by atoms with van der Waals surface area (Å²) in [5.74, 6) is 0. The third-order valence-electron chi connectivity index (χ3n) is 2.34. The van der Waals surface area contributed by atoms with Crippen LogP contribution in [0.3, 0.4) is 0 Å². The van der Waals surface area contributed by atoms with Crippen LogP contribution in [0.15, 0.2) is 0 Å². The lowest BCUT2D eigenvalue weighted by Gasteiger charge is -2.24. The van der Waals surface area contributed by atoms with Gasteiger partial charge in [-0.2, -0.15) is 0 Å². The highest BCUT2D eigenvalue weighted by atomic mass is 14.8. The molecule has 0 rings (SSSR count). The fourth-order valence-electron chi connectivity index (χ4n) is 1.45. The van der Waals surface area contributed by atoms with Gasteiger partial charge >= 0.3 is 0 Å². The lowest BCUT2D eigenvalue weighted by molar-refractivity contribution is 0.292. The van der Waals surface area contributed by atoms with Crippen molar-refractivity contribution < 1.29 is 0 Å². The second-order valence-electron chi connectivity index (χ2n) is 4.26. The van der Waals surface area contributed by atoms with E-state index in [1.807, 2.05) is 7.05 Å². The van der Waals surface area contributed by atoms with Gasteiger partial charge in [0.25, 0.3) is 0 Å². The second-order valence-corrected chi connectivity index (χ2v) is 4.26. The van der Waals surface area contributed by atoms with E-state index in [0.29, 0.717) is 5.41 Å². The highest BCUT2D eigenvalue weighted by Crippen LogP contribution is 2.27. The highest BCUT2D eigenvalue weighted by Gasteiger charge is 2.15. The topological polar surface area (TPSA) is 38.0 Å². The van der Waals surface area contributed by atoms with Gasteiger partial charge in [-0.1, -0.05) is 13.8 Å². The van der Waals surface area contributed by atoms with E-state index in [1.54, 1.807) is 0 Å². The molecule has 2 nitrogen and oxygen atoms in total. The van der Waals surface area contributed by atoms with Crippen molar-refractivity contribution in [2.45, 2.75) is 39.5 Å². The van der Waals surface area contributed by atoms with Crippen LogP contribution in [-0.2, 0) is 0 Å². The van der Waals surface area contributed by atoms with E-state index in [2.05, 4.69) is 19.2 Å². The Morgan fingerprint density at radius 2 is 1.75 bits per heavy atom. The number of nitrogens with one attached hydrogen (secondary N) is 1. The summed E-state index contributed by atoms with van der Waals surface area (Å²) in [4.78, 5) is 0. The van der Waals surface area contributed by atoms with E-state index < -0.39 is 0 Å². The molecule has 0 aliphatic rings. The summed E-state index contributed by atoms with van der Waals surface area (Å²) in [5.41, 5.74) is 5.96. The van der Waals surface area contributed by atoms with Gasteiger partial charge in [0.1, 0.15) is 0 Å². The van der Waals surface area contributed by atoms with Crippen molar-refractivity contribution in [3.05, 3.63) is 0 Å². The van der Waals surface area contributed by atoms with Gasteiger partial charge in [-0.3, -0.25) is 0 Å². The Kier molecular flexibility index (Phi) is 6.39. The van der Waals surface area contributed by atoms with Gasteiger partial charge in [0.05, 0.1) is 0 Å². The van der Waals surface area contributed by atoms with Crippen molar-refractivity contribution in [1.29, 1.82) is 0 Å². The van der Waals surface area contributed by atoms with Crippen LogP contribution in [-0.4, -0.2) is 20.1 Å². The fraction of sp³-hybridized carbons (Fsp3) is 1.00. The van der Waals surface area contributed by atoms with Gasteiger partial charge in [-0.25, -0.2) is 0 Å². The highest BCUT2D eigenvalue weighted by molar-refractivity contribution is 4.68. The lowest BCUT2D eigenvalue weighted by Crippen LogP contribution is -2.17. The molecule has 3 N–H and O–H groups in total. The Labute approximate surface area is 76.9 Å². The molecule has 0 unspecified atom stereocenters. The molecule has 2 heteroatoms. The summed E-state index contributed by atoms with van der Waals surface area (Å²) in [7, 11) is 2.01. The molecule has 0 aromatic rings. The summed E-state index contributed by atoms with van der Waals surface area (Å²) in [6.07, 6.45) is 4.99. The smallest absolute Gasteiger partial charge is 0.00517 e. The van der Waals surface area contributed by atoms with Crippen molar-refractivity contribution >= 4 is 0 Å². The molecule has 0 spiro atoms. The molecule has 0 radical (unpaired) electrons. The van der Waals surface area contributed by atoms with Gasteiger partial charge in [-0.15, -0.1) is 0 Å². The summed E-state index contributed by atoms with van der Waals surface area (Å²) in [6.45, 7) is 6.62. The predicted octanol–water partition coefficient (Wildman–Crippen LogP) is 1.75. The minimum Gasteiger partial charge on any atom is -0.330 e. The van der Waals surface area contributed by atoms with Crippen LogP contribution in [0.25, 0.3) is 0 Å². The van der Waals surface area contributed by atoms with Crippen molar-refractivity contribution in [2.75, 3.05) is 20.1 Å². The Balaban J connectivity index is 3.42. The average molecular weight is 172 g/mol. The summed E-state index contributed by atoms with van der Waals surface area (Å²) in [6, 6.07) is 0. The van der Waals surface area contributed by atoms with Crippen molar-refractivity contribution in [3.8, 4) is 0 Å². The zero-order chi connectivity index (χ0) is 9.45. The SMILES string of the molecule is CNCCCC(C)(C)CCCN. The fourth-order valence-corrected chi connectivity index (χ4v) is 1.45. The molecular formula is C10H24N2. The van der Waals surface area contributed by atoms with Crippen LogP contribution >= 0.6 is 0 Å². The largest absolute Gasteiger partial charge is 0.330 e. The van der Waals surface area contributed by atoms with E-state index in [9.17, 15) is 0 Å². The molecule has 0 aromatic heterocycles. The van der Waals surface area contributed by atoms with Crippen LogP contribution in [0.5, 0.6) is 0 Å². The number of nitrogens with two attached hydrogens (primary N) is 1. The normalized spacial score (nSPS) is 12.0. The van der Waals surface area contributed by atoms with Crippen LogP contribution in [0, 0.1) is 5.41 Å². The molecule has 0 saturated carbocycles. The van der Waals surface area contributed by atoms with Crippen molar-refractivity contribution in [2.24, 2.45) is 11.1 Å². The van der Waals surface area contributed by atoms with Gasteiger partial charge in [0, 0.05) is 0 Å². The lowest BCUT2D eigenvalue weighted by atomic mass is 9.83. The van der Waals surface area contributed by atoms with Crippen LogP contribution in [0.2, 0.25) is 0 Å². The van der Waals surface area contributed by atoms with Gasteiger partial charge in [-0.05, 0) is 51.2 Å². The number of hydrogen-bond donors (Lipinski definition) is 2. The first kappa shape index (κ1) is 11.9. The molecule has 0 atom stereocenters. The van der Waals surface area contributed by atoms with E-state index in [-0.39, 0.29) is 0 Å². The maximum Gasteiger partial charge on any atom is -0.00517 e. The first-order chi connectivity index (χ1) is 5.62. The molecule has 0 bridgehead atoms. The average Bonchev–Trinajstić information content (AvgIpc) is 2.01. The molecule has 0 fully saturated rings. The third kappa shape index (κ3) is 6.62. The minimum absolute atomic E-state index is 0.482. The quantitative estimate of drug-likeness (QED) is 0.574. The monoisotopic (exact) mass is 172 g/mol. The maximum absolute atomic E-state index is 5.48. The molecule has 12 heavy (non-hydrogen) atoms. The van der Waals surface area contributed by atoms with Crippen molar-refractivity contribution in [1.82, 2.24) is 5.32 Å². The maximum atomic E-state index is 5.48. The van der Waals surface area contributed by atoms with Gasteiger partial charge in [0.2, 0.25) is 0 Å². The molecule has 0 aromatic carbocycles.